The van der Waals surface area contributed by atoms with Crippen molar-refractivity contribution >= 4 is 18.2 Å². The number of carbonyl (C=O) groups excluding carboxylic acids is 1. The number of rotatable bonds is 6. The molecule has 4 nitrogen and oxygen atoms in total. The third kappa shape index (κ3) is 4.76. The van der Waals surface area contributed by atoms with Gasteiger partial charge >= 0.3 is 0 Å². The molecule has 5 heteroatoms. The van der Waals surface area contributed by atoms with Crippen LogP contribution in [0.2, 0.25) is 0 Å². The fourth-order valence-corrected chi connectivity index (χ4v) is 4.71. The molecule has 1 atom stereocenters. The number of fused-ring (bicyclic) bond motifs is 1. The molecule has 2 aromatic carbocycles. The van der Waals surface area contributed by atoms with Crippen LogP contribution in [0.3, 0.4) is 0 Å². The van der Waals surface area contributed by atoms with Gasteiger partial charge in [0.2, 0.25) is 0 Å². The summed E-state index contributed by atoms with van der Waals surface area (Å²) in [6, 6.07) is 14.5. The van der Waals surface area contributed by atoms with Crippen molar-refractivity contribution in [2.24, 2.45) is 11.8 Å². The molecule has 1 fully saturated rings. The smallest absolute Gasteiger partial charge is 0.166 e. The number of piperidine rings is 1. The minimum Gasteiger partial charge on any atom is -0.493 e. The zero-order valence-corrected chi connectivity index (χ0v) is 18.0. The van der Waals surface area contributed by atoms with Gasteiger partial charge in [-0.15, -0.1) is 12.4 Å². The topological polar surface area (TPSA) is 38.8 Å². The second-order valence-corrected chi connectivity index (χ2v) is 8.07. The molecule has 1 aliphatic carbocycles. The van der Waals surface area contributed by atoms with Gasteiger partial charge in [0.1, 0.15) is 0 Å². The Hall–Kier alpha value is -2.04. The molecule has 1 saturated heterocycles. The molecule has 1 heterocycles. The number of Topliss-reactive ketones (excluding diaryl/α,β-unsaturated/α-hetero) is 1. The number of ether oxygens (including phenoxy) is 2. The number of carbonyl (C=O) groups is 1. The first-order valence-corrected chi connectivity index (χ1v) is 10.2. The largest absolute Gasteiger partial charge is 0.493 e. The van der Waals surface area contributed by atoms with Crippen LogP contribution in [0.15, 0.2) is 42.5 Å². The van der Waals surface area contributed by atoms with Gasteiger partial charge in [0, 0.05) is 18.0 Å². The normalized spacial score (nSPS) is 19.5. The molecule has 1 aliphatic heterocycles. The maximum absolute atomic E-state index is 12.9. The molecule has 0 aromatic heterocycles. The molecule has 29 heavy (non-hydrogen) atoms. The average Bonchev–Trinajstić information content (AvgIpc) is 3.03. The fraction of sp³-hybridized carbons (Fsp3) is 0.458. The van der Waals surface area contributed by atoms with Gasteiger partial charge in [0.05, 0.1) is 14.2 Å². The molecule has 2 aromatic rings. The highest BCUT2D eigenvalue weighted by Gasteiger charge is 2.34. The lowest BCUT2D eigenvalue weighted by Crippen LogP contribution is -2.34. The highest BCUT2D eigenvalue weighted by atomic mass is 35.5. The third-order valence-electron chi connectivity index (χ3n) is 6.29. The van der Waals surface area contributed by atoms with Crippen LogP contribution in [0.4, 0.5) is 0 Å². The van der Waals surface area contributed by atoms with Crippen molar-refractivity contribution in [3.8, 4) is 11.5 Å². The van der Waals surface area contributed by atoms with E-state index in [4.69, 9.17) is 9.47 Å². The van der Waals surface area contributed by atoms with Crippen LogP contribution in [0.1, 0.15) is 40.7 Å². The Labute approximate surface area is 179 Å². The van der Waals surface area contributed by atoms with Crippen LogP contribution in [0, 0.1) is 11.8 Å². The Bertz CT molecular complexity index is 832. The van der Waals surface area contributed by atoms with Crippen molar-refractivity contribution in [1.82, 2.24) is 4.90 Å². The van der Waals surface area contributed by atoms with Gasteiger partial charge in [0.25, 0.3) is 0 Å². The number of halogens is 1. The summed E-state index contributed by atoms with van der Waals surface area (Å²) >= 11 is 0. The second kappa shape index (κ2) is 9.64. The van der Waals surface area contributed by atoms with Gasteiger partial charge in [-0.1, -0.05) is 30.3 Å². The molecule has 0 amide bonds. The van der Waals surface area contributed by atoms with E-state index in [1.165, 1.54) is 18.4 Å². The van der Waals surface area contributed by atoms with Crippen molar-refractivity contribution in [1.29, 1.82) is 0 Å². The summed E-state index contributed by atoms with van der Waals surface area (Å²) < 4.78 is 10.8. The molecule has 0 saturated carbocycles. The summed E-state index contributed by atoms with van der Waals surface area (Å²) in [6.45, 7) is 3.27. The van der Waals surface area contributed by atoms with Gasteiger partial charge < -0.3 is 9.47 Å². The molecular weight excluding hydrogens is 386 g/mol. The summed E-state index contributed by atoms with van der Waals surface area (Å²) in [4.78, 5) is 15.5. The van der Waals surface area contributed by atoms with Crippen molar-refractivity contribution in [3.63, 3.8) is 0 Å². The van der Waals surface area contributed by atoms with Crippen molar-refractivity contribution in [3.05, 3.63) is 59.2 Å². The average molecular weight is 416 g/mol. The summed E-state index contributed by atoms with van der Waals surface area (Å²) in [6.07, 6.45) is 4.19. The van der Waals surface area contributed by atoms with Crippen molar-refractivity contribution < 1.29 is 14.3 Å². The highest BCUT2D eigenvalue weighted by Crippen LogP contribution is 2.39. The standard InChI is InChI=1S/C24H29NO3.ClH/c1-27-22-14-19-13-20(24(26)21(19)15-23(22)28-2)12-17-8-10-25(11-9-17)16-18-6-4-3-5-7-18;/h3-7,14-15,17,20H,8-13,16H2,1-2H3;1H/t20-;/m1./s1. The quantitative estimate of drug-likeness (QED) is 0.680. The maximum Gasteiger partial charge on any atom is 0.166 e. The number of hydrogen-bond acceptors (Lipinski definition) is 4. The summed E-state index contributed by atoms with van der Waals surface area (Å²) in [7, 11) is 3.26. The minimum absolute atomic E-state index is 0. The van der Waals surface area contributed by atoms with E-state index in [1.807, 2.05) is 12.1 Å². The monoisotopic (exact) mass is 415 g/mol. The number of methoxy groups -OCH3 is 2. The van der Waals surface area contributed by atoms with E-state index in [1.54, 1.807) is 14.2 Å². The number of nitrogens with zero attached hydrogens (tertiary/aromatic N) is 1. The first-order chi connectivity index (χ1) is 13.7. The van der Waals surface area contributed by atoms with E-state index < -0.39 is 0 Å². The predicted octanol–water partition coefficient (Wildman–Crippen LogP) is 4.78. The van der Waals surface area contributed by atoms with Crippen LogP contribution in [-0.4, -0.2) is 38.0 Å². The number of benzene rings is 2. The second-order valence-electron chi connectivity index (χ2n) is 8.07. The highest BCUT2D eigenvalue weighted by molar-refractivity contribution is 6.02. The Kier molecular flexibility index (Phi) is 7.20. The molecule has 0 radical (unpaired) electrons. The summed E-state index contributed by atoms with van der Waals surface area (Å²) in [5, 5.41) is 0. The van der Waals surface area contributed by atoms with Gasteiger partial charge in [-0.3, -0.25) is 9.69 Å². The van der Waals surface area contributed by atoms with Crippen LogP contribution in [-0.2, 0) is 13.0 Å². The summed E-state index contributed by atoms with van der Waals surface area (Å²) in [5.41, 5.74) is 3.31. The Morgan fingerprint density at radius 2 is 1.66 bits per heavy atom. The first kappa shape index (κ1) is 21.7. The van der Waals surface area contributed by atoms with Crippen molar-refractivity contribution in [2.45, 2.75) is 32.2 Å². The van der Waals surface area contributed by atoms with Crippen LogP contribution in [0.5, 0.6) is 11.5 Å². The van der Waals surface area contributed by atoms with Gasteiger partial charge in [-0.25, -0.2) is 0 Å². The van der Waals surface area contributed by atoms with E-state index in [-0.39, 0.29) is 24.1 Å². The molecule has 0 bridgehead atoms. The van der Waals surface area contributed by atoms with E-state index in [0.717, 1.165) is 43.6 Å². The molecular formula is C24H30ClNO3. The third-order valence-corrected chi connectivity index (χ3v) is 6.29. The number of hydrogen-bond donors (Lipinski definition) is 0. The molecule has 0 N–H and O–H groups in total. The lowest BCUT2D eigenvalue weighted by Gasteiger charge is -2.32. The molecule has 0 unspecified atom stereocenters. The predicted molar refractivity (Wildman–Crippen MR) is 117 cm³/mol. The SMILES string of the molecule is COc1cc2c(cc1OC)C(=O)[C@H](CC1CCN(Cc3ccccc3)CC1)C2.Cl. The molecule has 0 spiro atoms. The Balaban J connectivity index is 0.00000240. The Morgan fingerprint density at radius 1 is 1.00 bits per heavy atom. The van der Waals surface area contributed by atoms with E-state index in [9.17, 15) is 4.79 Å². The van der Waals surface area contributed by atoms with E-state index in [2.05, 4.69) is 35.2 Å². The zero-order chi connectivity index (χ0) is 19.5. The van der Waals surface area contributed by atoms with Gasteiger partial charge in [0.15, 0.2) is 17.3 Å². The minimum atomic E-state index is 0. The maximum atomic E-state index is 12.9. The lowest BCUT2D eigenvalue weighted by atomic mass is 9.85. The number of likely N-dealkylation sites (tertiary alicyclic amines) is 1. The first-order valence-electron chi connectivity index (χ1n) is 10.2. The number of ketones is 1. The fourth-order valence-electron chi connectivity index (χ4n) is 4.71. The van der Waals surface area contributed by atoms with Crippen LogP contribution >= 0.6 is 12.4 Å². The Morgan fingerprint density at radius 3 is 2.31 bits per heavy atom. The molecule has 156 valence electrons. The summed E-state index contributed by atoms with van der Waals surface area (Å²) in [5.74, 6) is 2.38. The van der Waals surface area contributed by atoms with E-state index >= 15 is 0 Å². The van der Waals surface area contributed by atoms with Gasteiger partial charge in [-0.05, 0) is 68.0 Å². The molecule has 2 aliphatic rings. The molecule has 4 rings (SSSR count). The van der Waals surface area contributed by atoms with Crippen LogP contribution < -0.4 is 9.47 Å². The van der Waals surface area contributed by atoms with Gasteiger partial charge in [-0.2, -0.15) is 0 Å². The lowest BCUT2D eigenvalue weighted by molar-refractivity contribution is 0.0895. The van der Waals surface area contributed by atoms with Crippen molar-refractivity contribution in [2.75, 3.05) is 27.3 Å². The zero-order valence-electron chi connectivity index (χ0n) is 17.2. The van der Waals surface area contributed by atoms with E-state index in [0.29, 0.717) is 17.4 Å². The van der Waals surface area contributed by atoms with Crippen LogP contribution in [0.25, 0.3) is 0 Å².